The highest BCUT2D eigenvalue weighted by Gasteiger charge is 2.17. The number of ether oxygens (including phenoxy) is 1. The molecule has 1 aliphatic rings. The number of hydrogen-bond donors (Lipinski definition) is 2. The first kappa shape index (κ1) is 16.8. The van der Waals surface area contributed by atoms with E-state index in [1.807, 2.05) is 0 Å². The van der Waals surface area contributed by atoms with Crippen LogP contribution in [0.4, 0.5) is 0 Å². The highest BCUT2D eigenvalue weighted by atomic mass is 32.2. The van der Waals surface area contributed by atoms with Gasteiger partial charge in [-0.1, -0.05) is 19.3 Å². The predicted molar refractivity (Wildman–Crippen MR) is 76.0 cm³/mol. The van der Waals surface area contributed by atoms with Crippen LogP contribution < -0.4 is 10.5 Å². The first-order chi connectivity index (χ1) is 9.06. The fraction of sp³-hybridized carbons (Fsp3) is 1.00. The highest BCUT2D eigenvalue weighted by Crippen LogP contribution is 2.19. The molecule has 19 heavy (non-hydrogen) atoms. The molecule has 0 bridgehead atoms. The van der Waals surface area contributed by atoms with Gasteiger partial charge in [-0.15, -0.1) is 0 Å². The summed E-state index contributed by atoms with van der Waals surface area (Å²) in [6.07, 6.45) is 6.91. The van der Waals surface area contributed by atoms with Crippen molar-refractivity contribution in [3.63, 3.8) is 0 Å². The molecule has 3 N–H and O–H groups in total. The Labute approximate surface area is 116 Å². The van der Waals surface area contributed by atoms with E-state index < -0.39 is 10.2 Å². The maximum absolute atomic E-state index is 11.8. The molecule has 1 rings (SSSR count). The quantitative estimate of drug-likeness (QED) is 0.605. The van der Waals surface area contributed by atoms with Crippen molar-refractivity contribution >= 4 is 10.2 Å². The molecule has 0 aromatic carbocycles. The molecule has 1 aliphatic carbocycles. The average Bonchev–Trinajstić information content (AvgIpc) is 2.42. The van der Waals surface area contributed by atoms with Gasteiger partial charge in [-0.05, 0) is 25.8 Å². The van der Waals surface area contributed by atoms with E-state index in [1.165, 1.54) is 23.6 Å². The molecule has 0 amide bonds. The van der Waals surface area contributed by atoms with Crippen molar-refractivity contribution in [2.24, 2.45) is 5.73 Å². The Morgan fingerprint density at radius 1 is 1.32 bits per heavy atom. The van der Waals surface area contributed by atoms with E-state index in [1.54, 1.807) is 7.05 Å². The third-order valence-electron chi connectivity index (χ3n) is 3.38. The molecule has 1 saturated carbocycles. The summed E-state index contributed by atoms with van der Waals surface area (Å²) < 4.78 is 33.1. The van der Waals surface area contributed by atoms with Gasteiger partial charge < -0.3 is 10.5 Å². The smallest absolute Gasteiger partial charge is 0.279 e. The Morgan fingerprint density at radius 3 is 2.63 bits per heavy atom. The summed E-state index contributed by atoms with van der Waals surface area (Å²) in [6, 6.07) is 0. The van der Waals surface area contributed by atoms with Crippen LogP contribution in [-0.4, -0.2) is 52.1 Å². The first-order valence-corrected chi connectivity index (χ1v) is 8.53. The Morgan fingerprint density at radius 2 is 2.00 bits per heavy atom. The Bertz CT molecular complexity index is 329. The zero-order chi connectivity index (χ0) is 14.1. The summed E-state index contributed by atoms with van der Waals surface area (Å²) >= 11 is 0. The lowest BCUT2D eigenvalue weighted by atomic mass is 9.98. The van der Waals surface area contributed by atoms with E-state index in [0.29, 0.717) is 38.8 Å². The molecular weight excluding hydrogens is 266 g/mol. The van der Waals surface area contributed by atoms with Crippen LogP contribution in [0.25, 0.3) is 0 Å². The molecule has 0 spiro atoms. The number of rotatable bonds is 9. The van der Waals surface area contributed by atoms with Gasteiger partial charge in [-0.3, -0.25) is 0 Å². The van der Waals surface area contributed by atoms with Gasteiger partial charge in [-0.2, -0.15) is 17.4 Å². The maximum Gasteiger partial charge on any atom is 0.279 e. The third kappa shape index (κ3) is 6.67. The minimum absolute atomic E-state index is 0.313. The summed E-state index contributed by atoms with van der Waals surface area (Å²) in [6.45, 7) is 1.69. The maximum atomic E-state index is 11.8. The molecule has 0 unspecified atom stereocenters. The van der Waals surface area contributed by atoms with Gasteiger partial charge in [-0.25, -0.2) is 0 Å². The van der Waals surface area contributed by atoms with Crippen LogP contribution >= 0.6 is 0 Å². The van der Waals surface area contributed by atoms with Gasteiger partial charge in [0.2, 0.25) is 0 Å². The van der Waals surface area contributed by atoms with E-state index >= 15 is 0 Å². The van der Waals surface area contributed by atoms with Crippen LogP contribution in [0, 0.1) is 0 Å². The molecule has 114 valence electrons. The van der Waals surface area contributed by atoms with Crippen LogP contribution in [0.3, 0.4) is 0 Å². The van der Waals surface area contributed by atoms with Crippen LogP contribution in [0.2, 0.25) is 0 Å². The minimum Gasteiger partial charge on any atom is -0.377 e. The number of nitrogens with zero attached hydrogens (tertiary/aromatic N) is 1. The molecule has 0 atom stereocenters. The molecule has 7 heteroatoms. The van der Waals surface area contributed by atoms with Gasteiger partial charge in [0.05, 0.1) is 12.7 Å². The van der Waals surface area contributed by atoms with Gasteiger partial charge in [0.15, 0.2) is 0 Å². The molecule has 0 aromatic heterocycles. The van der Waals surface area contributed by atoms with E-state index in [0.717, 1.165) is 12.8 Å². The molecule has 0 aliphatic heterocycles. The van der Waals surface area contributed by atoms with Crippen LogP contribution in [-0.2, 0) is 14.9 Å². The van der Waals surface area contributed by atoms with Crippen LogP contribution in [0.15, 0.2) is 0 Å². The summed E-state index contributed by atoms with van der Waals surface area (Å²) in [5, 5.41) is 0. The summed E-state index contributed by atoms with van der Waals surface area (Å²) in [7, 11) is -1.83. The van der Waals surface area contributed by atoms with E-state index in [-0.39, 0.29) is 0 Å². The lowest BCUT2D eigenvalue weighted by Crippen LogP contribution is -2.40. The fourth-order valence-electron chi connectivity index (χ4n) is 2.17. The topological polar surface area (TPSA) is 84.7 Å². The van der Waals surface area contributed by atoms with Gasteiger partial charge in [0.1, 0.15) is 0 Å². The third-order valence-corrected chi connectivity index (χ3v) is 4.95. The minimum atomic E-state index is -3.39. The van der Waals surface area contributed by atoms with Gasteiger partial charge in [0.25, 0.3) is 10.2 Å². The SMILES string of the molecule is CN(CCCN)S(=O)(=O)NCCOC1CCCCC1. The predicted octanol–water partition coefficient (Wildman–Crippen LogP) is 0.451. The lowest BCUT2D eigenvalue weighted by molar-refractivity contribution is 0.0320. The number of nitrogens with two attached hydrogens (primary N) is 1. The van der Waals surface area contributed by atoms with Crippen molar-refractivity contribution in [2.75, 3.05) is 33.3 Å². The zero-order valence-electron chi connectivity index (χ0n) is 11.8. The fourth-order valence-corrected chi connectivity index (χ4v) is 3.10. The molecule has 0 saturated heterocycles. The summed E-state index contributed by atoms with van der Waals surface area (Å²) in [5.41, 5.74) is 5.36. The summed E-state index contributed by atoms with van der Waals surface area (Å²) in [5.74, 6) is 0. The molecule has 1 fully saturated rings. The van der Waals surface area contributed by atoms with Gasteiger partial charge in [0, 0.05) is 20.1 Å². The Kier molecular flexibility index (Phi) is 7.86. The second-order valence-corrected chi connectivity index (χ2v) is 6.86. The molecule has 6 nitrogen and oxygen atoms in total. The van der Waals surface area contributed by atoms with E-state index in [9.17, 15) is 8.42 Å². The number of hydrogen-bond acceptors (Lipinski definition) is 4. The number of nitrogens with one attached hydrogen (secondary N) is 1. The second-order valence-electron chi connectivity index (χ2n) is 4.99. The standard InChI is InChI=1S/C12H27N3O3S/c1-15(10-5-8-13)19(16,17)14-9-11-18-12-6-3-2-4-7-12/h12,14H,2-11,13H2,1H3. The van der Waals surface area contributed by atoms with Crippen molar-refractivity contribution in [1.29, 1.82) is 0 Å². The Hall–Kier alpha value is -0.210. The molecule has 0 heterocycles. The van der Waals surface area contributed by atoms with Crippen molar-refractivity contribution in [2.45, 2.75) is 44.6 Å². The zero-order valence-corrected chi connectivity index (χ0v) is 12.6. The van der Waals surface area contributed by atoms with E-state index in [2.05, 4.69) is 4.72 Å². The average molecular weight is 293 g/mol. The monoisotopic (exact) mass is 293 g/mol. The largest absolute Gasteiger partial charge is 0.377 e. The van der Waals surface area contributed by atoms with Crippen LogP contribution in [0.5, 0.6) is 0 Å². The Balaban J connectivity index is 2.16. The molecule has 0 aromatic rings. The highest BCUT2D eigenvalue weighted by molar-refractivity contribution is 7.87. The second kappa shape index (κ2) is 8.86. The van der Waals surface area contributed by atoms with Crippen molar-refractivity contribution in [3.05, 3.63) is 0 Å². The molecular formula is C12H27N3O3S. The van der Waals surface area contributed by atoms with Crippen molar-refractivity contribution in [3.8, 4) is 0 Å². The first-order valence-electron chi connectivity index (χ1n) is 7.09. The van der Waals surface area contributed by atoms with E-state index in [4.69, 9.17) is 10.5 Å². The van der Waals surface area contributed by atoms with Crippen molar-refractivity contribution in [1.82, 2.24) is 9.03 Å². The summed E-state index contributed by atoms with van der Waals surface area (Å²) in [4.78, 5) is 0. The van der Waals surface area contributed by atoms with Crippen molar-refractivity contribution < 1.29 is 13.2 Å². The normalized spacial score (nSPS) is 18.1. The van der Waals surface area contributed by atoms with Gasteiger partial charge >= 0.3 is 0 Å². The lowest BCUT2D eigenvalue weighted by Gasteiger charge is -2.22. The molecule has 0 radical (unpaired) electrons. The van der Waals surface area contributed by atoms with Crippen LogP contribution in [0.1, 0.15) is 38.5 Å².